The average molecular weight is 197 g/mol. The fourth-order valence-corrected chi connectivity index (χ4v) is 0.997. The van der Waals surface area contributed by atoms with Gasteiger partial charge in [0, 0.05) is 18.7 Å². The SMILES string of the molecule is NCc1ccc([N+](=O)[O-])c([N+](=O)[O-])c1. The van der Waals surface area contributed by atoms with Crippen molar-refractivity contribution in [2.24, 2.45) is 5.73 Å². The Bertz CT molecular complexity index is 391. The second-order valence-electron chi connectivity index (χ2n) is 2.54. The smallest absolute Gasteiger partial charge is 0.326 e. The van der Waals surface area contributed by atoms with E-state index in [4.69, 9.17) is 5.73 Å². The van der Waals surface area contributed by atoms with Crippen molar-refractivity contribution in [3.05, 3.63) is 44.0 Å². The average Bonchev–Trinajstić information content (AvgIpc) is 2.16. The topological polar surface area (TPSA) is 112 Å². The Labute approximate surface area is 78.4 Å². The molecule has 0 aliphatic rings. The van der Waals surface area contributed by atoms with E-state index in [1.54, 1.807) is 0 Å². The van der Waals surface area contributed by atoms with E-state index in [1.165, 1.54) is 6.07 Å². The highest BCUT2D eigenvalue weighted by molar-refractivity contribution is 5.53. The van der Waals surface area contributed by atoms with Gasteiger partial charge in [-0.15, -0.1) is 0 Å². The first-order valence-electron chi connectivity index (χ1n) is 3.68. The Morgan fingerprint density at radius 1 is 1.14 bits per heavy atom. The first-order chi connectivity index (χ1) is 6.56. The molecule has 7 nitrogen and oxygen atoms in total. The van der Waals surface area contributed by atoms with Crippen LogP contribution in [0.15, 0.2) is 18.2 Å². The molecule has 2 N–H and O–H groups in total. The van der Waals surface area contributed by atoms with E-state index in [-0.39, 0.29) is 6.54 Å². The molecule has 0 atom stereocenters. The van der Waals surface area contributed by atoms with Gasteiger partial charge in [0.25, 0.3) is 0 Å². The third-order valence-corrected chi connectivity index (χ3v) is 1.67. The largest absolute Gasteiger partial charge is 0.346 e. The van der Waals surface area contributed by atoms with Crippen LogP contribution in [0.3, 0.4) is 0 Å². The van der Waals surface area contributed by atoms with Crippen LogP contribution >= 0.6 is 0 Å². The van der Waals surface area contributed by atoms with Crippen LogP contribution < -0.4 is 5.73 Å². The summed E-state index contributed by atoms with van der Waals surface area (Å²) < 4.78 is 0. The molecule has 0 amide bonds. The predicted octanol–water partition coefficient (Wildman–Crippen LogP) is 0.962. The monoisotopic (exact) mass is 197 g/mol. The molecular weight excluding hydrogens is 190 g/mol. The molecule has 0 fully saturated rings. The van der Waals surface area contributed by atoms with Gasteiger partial charge in [0.1, 0.15) is 0 Å². The summed E-state index contributed by atoms with van der Waals surface area (Å²) in [5.41, 5.74) is 4.69. The van der Waals surface area contributed by atoms with Crippen LogP contribution in [0.4, 0.5) is 11.4 Å². The molecule has 0 radical (unpaired) electrons. The van der Waals surface area contributed by atoms with Crippen molar-refractivity contribution >= 4 is 11.4 Å². The Hall–Kier alpha value is -2.02. The molecular formula is C7H7N3O4. The van der Waals surface area contributed by atoms with E-state index < -0.39 is 21.2 Å². The van der Waals surface area contributed by atoms with E-state index in [1.807, 2.05) is 0 Å². The van der Waals surface area contributed by atoms with Crippen LogP contribution in [0.25, 0.3) is 0 Å². The van der Waals surface area contributed by atoms with E-state index in [0.29, 0.717) is 5.56 Å². The Kier molecular flexibility index (Phi) is 2.73. The zero-order valence-corrected chi connectivity index (χ0v) is 7.04. The number of nitro groups is 2. The molecule has 1 aromatic carbocycles. The third-order valence-electron chi connectivity index (χ3n) is 1.67. The van der Waals surface area contributed by atoms with Gasteiger partial charge in [0.2, 0.25) is 0 Å². The maximum atomic E-state index is 10.5. The zero-order chi connectivity index (χ0) is 10.7. The van der Waals surface area contributed by atoms with E-state index in [0.717, 1.165) is 12.1 Å². The van der Waals surface area contributed by atoms with Crippen LogP contribution in [-0.2, 0) is 6.54 Å². The summed E-state index contributed by atoms with van der Waals surface area (Å²) in [5.74, 6) is 0. The lowest BCUT2D eigenvalue weighted by Gasteiger charge is -1.97. The van der Waals surface area contributed by atoms with Crippen molar-refractivity contribution in [3.63, 3.8) is 0 Å². The number of nitrogens with two attached hydrogens (primary N) is 1. The highest BCUT2D eigenvalue weighted by atomic mass is 16.6. The van der Waals surface area contributed by atoms with E-state index >= 15 is 0 Å². The Balaban J connectivity index is 3.31. The molecule has 0 aliphatic heterocycles. The molecule has 7 heteroatoms. The van der Waals surface area contributed by atoms with Crippen LogP contribution in [-0.4, -0.2) is 9.85 Å². The molecule has 0 unspecified atom stereocenters. The summed E-state index contributed by atoms with van der Waals surface area (Å²) in [4.78, 5) is 19.3. The lowest BCUT2D eigenvalue weighted by atomic mass is 10.2. The minimum absolute atomic E-state index is 0.110. The molecule has 0 spiro atoms. The van der Waals surface area contributed by atoms with Gasteiger partial charge >= 0.3 is 11.4 Å². The summed E-state index contributed by atoms with van der Waals surface area (Å²) in [6, 6.07) is 3.59. The van der Waals surface area contributed by atoms with E-state index in [9.17, 15) is 20.2 Å². The summed E-state index contributed by atoms with van der Waals surface area (Å²) in [5, 5.41) is 20.9. The van der Waals surface area contributed by atoms with Crippen molar-refractivity contribution in [2.75, 3.05) is 0 Å². The summed E-state index contributed by atoms with van der Waals surface area (Å²) in [6.07, 6.45) is 0. The van der Waals surface area contributed by atoms with Crippen molar-refractivity contribution < 1.29 is 9.85 Å². The van der Waals surface area contributed by atoms with Gasteiger partial charge in [-0.05, 0) is 5.56 Å². The molecule has 74 valence electrons. The second kappa shape index (κ2) is 3.79. The fraction of sp³-hybridized carbons (Fsp3) is 0.143. The van der Waals surface area contributed by atoms with Crippen molar-refractivity contribution in [2.45, 2.75) is 6.54 Å². The molecule has 0 heterocycles. The van der Waals surface area contributed by atoms with Crippen molar-refractivity contribution in [3.8, 4) is 0 Å². The Morgan fingerprint density at radius 2 is 1.71 bits per heavy atom. The molecule has 0 aromatic heterocycles. The van der Waals surface area contributed by atoms with Crippen LogP contribution in [0.1, 0.15) is 5.56 Å². The van der Waals surface area contributed by atoms with Gasteiger partial charge in [-0.25, -0.2) is 0 Å². The minimum Gasteiger partial charge on any atom is -0.326 e. The van der Waals surface area contributed by atoms with Gasteiger partial charge in [-0.3, -0.25) is 20.2 Å². The standard InChI is InChI=1S/C7H7N3O4/c8-4-5-1-2-6(9(11)12)7(3-5)10(13)14/h1-3H,4,8H2. The number of nitrogens with zero attached hydrogens (tertiary/aromatic N) is 2. The minimum atomic E-state index is -0.794. The third kappa shape index (κ3) is 1.83. The number of nitro benzene ring substituents is 2. The summed E-state index contributed by atoms with van der Waals surface area (Å²) in [7, 11) is 0. The first-order valence-corrected chi connectivity index (χ1v) is 3.68. The van der Waals surface area contributed by atoms with E-state index in [2.05, 4.69) is 0 Å². The van der Waals surface area contributed by atoms with Gasteiger partial charge in [0.05, 0.1) is 9.85 Å². The normalized spacial score (nSPS) is 9.79. The molecule has 0 bridgehead atoms. The predicted molar refractivity (Wildman–Crippen MR) is 47.6 cm³/mol. The number of hydrogen-bond acceptors (Lipinski definition) is 5. The lowest BCUT2D eigenvalue weighted by Crippen LogP contribution is -2.00. The quantitative estimate of drug-likeness (QED) is 0.572. The molecule has 1 aromatic rings. The van der Waals surface area contributed by atoms with Gasteiger partial charge < -0.3 is 5.73 Å². The number of rotatable bonds is 3. The summed E-state index contributed by atoms with van der Waals surface area (Å²) in [6.45, 7) is 0.110. The maximum absolute atomic E-state index is 10.5. The summed E-state index contributed by atoms with van der Waals surface area (Å²) >= 11 is 0. The number of hydrogen-bond donors (Lipinski definition) is 1. The second-order valence-corrected chi connectivity index (χ2v) is 2.54. The van der Waals surface area contributed by atoms with Crippen LogP contribution in [0, 0.1) is 20.2 Å². The number of benzene rings is 1. The van der Waals surface area contributed by atoms with Gasteiger partial charge in [0.15, 0.2) is 0 Å². The van der Waals surface area contributed by atoms with Crippen LogP contribution in [0.2, 0.25) is 0 Å². The highest BCUT2D eigenvalue weighted by Crippen LogP contribution is 2.27. The lowest BCUT2D eigenvalue weighted by molar-refractivity contribution is -0.422. The zero-order valence-electron chi connectivity index (χ0n) is 7.04. The highest BCUT2D eigenvalue weighted by Gasteiger charge is 2.23. The van der Waals surface area contributed by atoms with Crippen molar-refractivity contribution in [1.82, 2.24) is 0 Å². The maximum Gasteiger partial charge on any atom is 0.346 e. The van der Waals surface area contributed by atoms with Gasteiger partial charge in [-0.2, -0.15) is 0 Å². The van der Waals surface area contributed by atoms with Crippen molar-refractivity contribution in [1.29, 1.82) is 0 Å². The molecule has 1 rings (SSSR count). The fourth-order valence-electron chi connectivity index (χ4n) is 0.997. The molecule has 0 aliphatic carbocycles. The molecule has 0 saturated carbocycles. The van der Waals surface area contributed by atoms with Crippen LogP contribution in [0.5, 0.6) is 0 Å². The first kappa shape index (κ1) is 10.1. The molecule has 0 saturated heterocycles. The van der Waals surface area contributed by atoms with Gasteiger partial charge in [-0.1, -0.05) is 6.07 Å². The Morgan fingerprint density at radius 3 is 2.14 bits per heavy atom. The molecule has 14 heavy (non-hydrogen) atoms.